The number of hydrogen-bond donors (Lipinski definition) is 1. The van der Waals surface area contributed by atoms with Crippen LogP contribution >= 0.6 is 0 Å². The first-order valence-electron chi connectivity index (χ1n) is 7.02. The zero-order chi connectivity index (χ0) is 13.3. The number of carboxylic acids is 1. The fraction of sp³-hybridized carbons (Fsp3) is 0.857. The lowest BCUT2D eigenvalue weighted by Crippen LogP contribution is -2.48. The van der Waals surface area contributed by atoms with Gasteiger partial charge in [0, 0.05) is 13.1 Å². The van der Waals surface area contributed by atoms with Gasteiger partial charge < -0.3 is 10.0 Å². The first-order chi connectivity index (χ1) is 8.50. The van der Waals surface area contributed by atoms with E-state index in [2.05, 4.69) is 13.8 Å². The molecule has 0 aromatic carbocycles. The molecule has 4 heteroatoms. The lowest BCUT2D eigenvalue weighted by Gasteiger charge is -2.40. The minimum atomic E-state index is -0.809. The number of carbonyl (C=O) groups excluding carboxylic acids is 1. The minimum Gasteiger partial charge on any atom is -0.481 e. The Balaban J connectivity index is 1.86. The summed E-state index contributed by atoms with van der Waals surface area (Å²) < 4.78 is 0. The Morgan fingerprint density at radius 1 is 1.06 bits per heavy atom. The second-order valence-electron chi connectivity index (χ2n) is 6.04. The van der Waals surface area contributed by atoms with Crippen LogP contribution in [0.25, 0.3) is 0 Å². The van der Waals surface area contributed by atoms with Crippen LogP contribution < -0.4 is 0 Å². The highest BCUT2D eigenvalue weighted by Crippen LogP contribution is 2.37. The van der Waals surface area contributed by atoms with Crippen molar-refractivity contribution in [2.75, 3.05) is 13.1 Å². The number of carbonyl (C=O) groups is 2. The van der Waals surface area contributed by atoms with Crippen LogP contribution in [0.15, 0.2) is 0 Å². The third-order valence-corrected chi connectivity index (χ3v) is 4.70. The van der Waals surface area contributed by atoms with Gasteiger partial charge >= 0.3 is 5.97 Å². The van der Waals surface area contributed by atoms with Crippen LogP contribution in [0.2, 0.25) is 0 Å². The fourth-order valence-electron chi connectivity index (χ4n) is 3.11. The standard InChI is InChI=1S/C14H23NO3/c1-9(2)10-5-7-15(8-6-10)13(16)11-3-4-12(11)14(17)18/h9-12H,3-8H2,1-2H3,(H,17,18). The van der Waals surface area contributed by atoms with E-state index in [1.807, 2.05) is 4.90 Å². The molecule has 18 heavy (non-hydrogen) atoms. The molecule has 1 heterocycles. The van der Waals surface area contributed by atoms with Crippen LogP contribution in [0.1, 0.15) is 39.5 Å². The average Bonchev–Trinajstić information content (AvgIpc) is 2.26. The minimum absolute atomic E-state index is 0.0795. The van der Waals surface area contributed by atoms with Gasteiger partial charge in [0.2, 0.25) is 5.91 Å². The van der Waals surface area contributed by atoms with Crippen LogP contribution in [-0.4, -0.2) is 35.0 Å². The summed E-state index contributed by atoms with van der Waals surface area (Å²) in [5, 5.41) is 9.00. The van der Waals surface area contributed by atoms with Crippen molar-refractivity contribution in [1.82, 2.24) is 4.90 Å². The van der Waals surface area contributed by atoms with Crippen molar-refractivity contribution < 1.29 is 14.7 Å². The lowest BCUT2D eigenvalue weighted by molar-refractivity contribution is -0.157. The lowest BCUT2D eigenvalue weighted by atomic mass is 9.72. The molecule has 2 atom stereocenters. The maximum atomic E-state index is 12.2. The third kappa shape index (κ3) is 2.52. The molecule has 2 fully saturated rings. The van der Waals surface area contributed by atoms with Crippen molar-refractivity contribution in [2.45, 2.75) is 39.5 Å². The second kappa shape index (κ2) is 5.29. The molecule has 0 radical (unpaired) electrons. The maximum absolute atomic E-state index is 12.2. The summed E-state index contributed by atoms with van der Waals surface area (Å²) >= 11 is 0. The largest absolute Gasteiger partial charge is 0.481 e. The van der Waals surface area contributed by atoms with Crippen LogP contribution in [0.3, 0.4) is 0 Å². The van der Waals surface area contributed by atoms with E-state index in [0.29, 0.717) is 18.3 Å². The number of nitrogens with zero attached hydrogens (tertiary/aromatic N) is 1. The van der Waals surface area contributed by atoms with E-state index < -0.39 is 11.9 Å². The molecule has 1 aliphatic heterocycles. The Labute approximate surface area is 108 Å². The number of carboxylic acid groups (broad SMARTS) is 1. The number of hydrogen-bond acceptors (Lipinski definition) is 2. The van der Waals surface area contributed by atoms with Crippen LogP contribution in [0, 0.1) is 23.7 Å². The molecule has 102 valence electrons. The summed E-state index contributed by atoms with van der Waals surface area (Å²) in [6.45, 7) is 6.08. The molecule has 0 spiro atoms. The molecule has 1 saturated carbocycles. The van der Waals surface area contributed by atoms with E-state index in [1.54, 1.807) is 0 Å². The molecule has 2 unspecified atom stereocenters. The molecule has 2 rings (SSSR count). The summed E-state index contributed by atoms with van der Waals surface area (Å²) in [4.78, 5) is 25.1. The third-order valence-electron chi connectivity index (χ3n) is 4.70. The van der Waals surface area contributed by atoms with Crippen molar-refractivity contribution in [2.24, 2.45) is 23.7 Å². The second-order valence-corrected chi connectivity index (χ2v) is 6.04. The smallest absolute Gasteiger partial charge is 0.307 e. The number of piperidine rings is 1. The Morgan fingerprint density at radius 3 is 2.00 bits per heavy atom. The van der Waals surface area contributed by atoms with Crippen molar-refractivity contribution in [3.8, 4) is 0 Å². The van der Waals surface area contributed by atoms with Gasteiger partial charge in [-0.2, -0.15) is 0 Å². The van der Waals surface area contributed by atoms with E-state index in [4.69, 9.17) is 5.11 Å². The van der Waals surface area contributed by atoms with Crippen LogP contribution in [0.4, 0.5) is 0 Å². The fourth-order valence-corrected chi connectivity index (χ4v) is 3.11. The van der Waals surface area contributed by atoms with Gasteiger partial charge in [-0.15, -0.1) is 0 Å². The van der Waals surface area contributed by atoms with E-state index in [-0.39, 0.29) is 11.8 Å². The quantitative estimate of drug-likeness (QED) is 0.837. The molecule has 1 amide bonds. The molecule has 0 bridgehead atoms. The van der Waals surface area contributed by atoms with Crippen molar-refractivity contribution in [3.63, 3.8) is 0 Å². The van der Waals surface area contributed by atoms with Crippen LogP contribution in [0.5, 0.6) is 0 Å². The van der Waals surface area contributed by atoms with Crippen LogP contribution in [-0.2, 0) is 9.59 Å². The van der Waals surface area contributed by atoms with E-state index in [9.17, 15) is 9.59 Å². The molecule has 1 aliphatic carbocycles. The van der Waals surface area contributed by atoms with Gasteiger partial charge in [0.1, 0.15) is 0 Å². The summed E-state index contributed by atoms with van der Waals surface area (Å²) in [5.41, 5.74) is 0. The predicted molar refractivity (Wildman–Crippen MR) is 68.0 cm³/mol. The van der Waals surface area contributed by atoms with E-state index in [1.165, 1.54) is 0 Å². The van der Waals surface area contributed by atoms with Crippen molar-refractivity contribution >= 4 is 11.9 Å². The zero-order valence-electron chi connectivity index (χ0n) is 11.3. The van der Waals surface area contributed by atoms with E-state index >= 15 is 0 Å². The van der Waals surface area contributed by atoms with Crippen molar-refractivity contribution in [3.05, 3.63) is 0 Å². The summed E-state index contributed by atoms with van der Waals surface area (Å²) in [5.74, 6) is -0.0191. The molecule has 2 aliphatic rings. The van der Waals surface area contributed by atoms with Crippen molar-refractivity contribution in [1.29, 1.82) is 0 Å². The Hall–Kier alpha value is -1.06. The molecule has 0 aromatic heterocycles. The summed E-state index contributed by atoms with van der Waals surface area (Å²) in [7, 11) is 0. The normalized spacial score (nSPS) is 29.2. The molecular formula is C14H23NO3. The number of rotatable bonds is 3. The highest BCUT2D eigenvalue weighted by atomic mass is 16.4. The summed E-state index contributed by atoms with van der Waals surface area (Å²) in [6, 6.07) is 0. The highest BCUT2D eigenvalue weighted by Gasteiger charge is 2.43. The first kappa shape index (κ1) is 13.4. The topological polar surface area (TPSA) is 57.6 Å². The van der Waals surface area contributed by atoms with Gasteiger partial charge in [-0.25, -0.2) is 0 Å². The number of aliphatic carboxylic acids is 1. The Kier molecular flexibility index (Phi) is 3.93. The monoisotopic (exact) mass is 253 g/mol. The van der Waals surface area contributed by atoms with Gasteiger partial charge in [-0.1, -0.05) is 13.8 Å². The van der Waals surface area contributed by atoms with Gasteiger partial charge in [-0.05, 0) is 37.5 Å². The van der Waals surface area contributed by atoms with Gasteiger partial charge in [0.05, 0.1) is 11.8 Å². The van der Waals surface area contributed by atoms with Gasteiger partial charge in [0.25, 0.3) is 0 Å². The van der Waals surface area contributed by atoms with E-state index in [0.717, 1.165) is 32.4 Å². The molecule has 0 aromatic rings. The molecule has 4 nitrogen and oxygen atoms in total. The number of amides is 1. The average molecular weight is 253 g/mol. The molecular weight excluding hydrogens is 230 g/mol. The first-order valence-corrected chi connectivity index (χ1v) is 7.02. The zero-order valence-corrected chi connectivity index (χ0v) is 11.3. The van der Waals surface area contributed by atoms with Gasteiger partial charge in [-0.3, -0.25) is 9.59 Å². The Bertz CT molecular complexity index is 332. The van der Waals surface area contributed by atoms with Gasteiger partial charge in [0.15, 0.2) is 0 Å². The maximum Gasteiger partial charge on any atom is 0.307 e. The highest BCUT2D eigenvalue weighted by molar-refractivity contribution is 5.86. The summed E-state index contributed by atoms with van der Waals surface area (Å²) in [6.07, 6.45) is 3.54. The molecule has 1 saturated heterocycles. The Morgan fingerprint density at radius 2 is 1.61 bits per heavy atom. The molecule has 1 N–H and O–H groups in total. The SMILES string of the molecule is CC(C)C1CCN(C(=O)C2CCC2C(=O)O)CC1. The number of likely N-dealkylation sites (tertiary alicyclic amines) is 1. The predicted octanol–water partition coefficient (Wildman–Crippen LogP) is 1.99.